The van der Waals surface area contributed by atoms with Gasteiger partial charge in [-0.15, -0.1) is 0 Å². The Balaban J connectivity index is 1.80. The number of hydrogen-bond acceptors (Lipinski definition) is 2. The quantitative estimate of drug-likeness (QED) is 0.832. The zero-order valence-corrected chi connectivity index (χ0v) is 13.3. The van der Waals surface area contributed by atoms with Crippen molar-refractivity contribution < 1.29 is 13.2 Å². The first-order valence-corrected chi connectivity index (χ1v) is 7.99. The number of piperidine rings is 1. The van der Waals surface area contributed by atoms with Crippen LogP contribution in [0.3, 0.4) is 0 Å². The van der Waals surface area contributed by atoms with Crippen LogP contribution in [0, 0.1) is 0 Å². The van der Waals surface area contributed by atoms with E-state index in [0.717, 1.165) is 31.7 Å². The zero-order chi connectivity index (χ0) is 15.2. The molecule has 0 radical (unpaired) electrons. The smallest absolute Gasteiger partial charge is 0.382 e. The molecule has 21 heavy (non-hydrogen) atoms. The third-order valence-corrected chi connectivity index (χ3v) is 5.24. The molecule has 0 spiro atoms. The normalized spacial score (nSPS) is 29.7. The Kier molecular flexibility index (Phi) is 3.94. The average Bonchev–Trinajstić information content (AvgIpc) is 2.62. The van der Waals surface area contributed by atoms with Gasteiger partial charge in [0.15, 0.2) is 0 Å². The highest BCUT2D eigenvalue weighted by Crippen LogP contribution is 2.39. The molecular weight excluding hydrogens is 345 g/mol. The summed E-state index contributed by atoms with van der Waals surface area (Å²) in [7, 11) is 2.12. The van der Waals surface area contributed by atoms with E-state index < -0.39 is 11.7 Å². The lowest BCUT2D eigenvalue weighted by atomic mass is 9.97. The van der Waals surface area contributed by atoms with Gasteiger partial charge in [0, 0.05) is 28.3 Å². The van der Waals surface area contributed by atoms with Gasteiger partial charge in [0.25, 0.3) is 0 Å². The van der Waals surface area contributed by atoms with E-state index >= 15 is 0 Å². The molecule has 2 aliphatic rings. The third-order valence-electron chi connectivity index (χ3n) is 4.74. The molecule has 2 fully saturated rings. The van der Waals surface area contributed by atoms with Crippen LogP contribution in [0.1, 0.15) is 31.2 Å². The molecule has 2 heterocycles. The van der Waals surface area contributed by atoms with Crippen LogP contribution < -0.4 is 5.32 Å². The summed E-state index contributed by atoms with van der Waals surface area (Å²) in [6.45, 7) is 0. The van der Waals surface area contributed by atoms with E-state index in [1.165, 1.54) is 6.07 Å². The fraction of sp³-hybridized carbons (Fsp3) is 0.600. The molecule has 1 N–H and O–H groups in total. The van der Waals surface area contributed by atoms with Crippen LogP contribution in [0.15, 0.2) is 22.7 Å². The lowest BCUT2D eigenvalue weighted by Crippen LogP contribution is -2.44. The fourth-order valence-electron chi connectivity index (χ4n) is 3.63. The number of benzene rings is 1. The van der Waals surface area contributed by atoms with Gasteiger partial charge in [0.1, 0.15) is 0 Å². The number of fused-ring (bicyclic) bond motifs is 2. The SMILES string of the molecule is CN1C2CCC1CC(Nc1ccc(Br)cc1C(F)(F)F)C2. The summed E-state index contributed by atoms with van der Waals surface area (Å²) >= 11 is 3.12. The molecule has 0 amide bonds. The van der Waals surface area contributed by atoms with Crippen molar-refractivity contribution >= 4 is 21.6 Å². The predicted octanol–water partition coefficient (Wildman–Crippen LogP) is 4.51. The molecule has 0 aromatic heterocycles. The van der Waals surface area contributed by atoms with Crippen molar-refractivity contribution in [3.8, 4) is 0 Å². The summed E-state index contributed by atoms with van der Waals surface area (Å²) in [5, 5.41) is 3.14. The first-order valence-electron chi connectivity index (χ1n) is 7.20. The average molecular weight is 363 g/mol. The second kappa shape index (κ2) is 5.47. The minimum atomic E-state index is -4.34. The van der Waals surface area contributed by atoms with Crippen LogP contribution >= 0.6 is 15.9 Å². The maximum Gasteiger partial charge on any atom is 0.418 e. The van der Waals surface area contributed by atoms with E-state index in [1.807, 2.05) is 0 Å². The van der Waals surface area contributed by atoms with Crippen molar-refractivity contribution in [2.75, 3.05) is 12.4 Å². The largest absolute Gasteiger partial charge is 0.418 e. The molecule has 2 unspecified atom stereocenters. The van der Waals surface area contributed by atoms with Gasteiger partial charge in [-0.05, 0) is 50.9 Å². The highest BCUT2D eigenvalue weighted by atomic mass is 79.9. The monoisotopic (exact) mass is 362 g/mol. The Bertz CT molecular complexity index is 518. The number of nitrogens with one attached hydrogen (secondary N) is 1. The van der Waals surface area contributed by atoms with Gasteiger partial charge in [0.2, 0.25) is 0 Å². The van der Waals surface area contributed by atoms with Crippen molar-refractivity contribution in [2.45, 2.75) is 50.0 Å². The Labute approximate surface area is 130 Å². The van der Waals surface area contributed by atoms with Gasteiger partial charge in [0.05, 0.1) is 5.56 Å². The molecule has 2 saturated heterocycles. The Morgan fingerprint density at radius 2 is 1.81 bits per heavy atom. The molecule has 2 aliphatic heterocycles. The Hall–Kier alpha value is -0.750. The van der Waals surface area contributed by atoms with Crippen molar-refractivity contribution in [1.82, 2.24) is 4.90 Å². The van der Waals surface area contributed by atoms with Crippen LogP contribution in [-0.4, -0.2) is 30.1 Å². The van der Waals surface area contributed by atoms with Gasteiger partial charge in [-0.25, -0.2) is 0 Å². The molecule has 6 heteroatoms. The Morgan fingerprint density at radius 3 is 2.38 bits per heavy atom. The first kappa shape index (κ1) is 15.2. The number of anilines is 1. The molecule has 2 atom stereocenters. The summed E-state index contributed by atoms with van der Waals surface area (Å²) in [4.78, 5) is 2.38. The summed E-state index contributed by atoms with van der Waals surface area (Å²) < 4.78 is 39.9. The number of nitrogens with zero attached hydrogens (tertiary/aromatic N) is 1. The van der Waals surface area contributed by atoms with Gasteiger partial charge in [-0.1, -0.05) is 15.9 Å². The van der Waals surface area contributed by atoms with E-state index in [-0.39, 0.29) is 11.7 Å². The third kappa shape index (κ3) is 3.06. The van der Waals surface area contributed by atoms with Gasteiger partial charge in [-0.2, -0.15) is 13.2 Å². The minimum absolute atomic E-state index is 0.126. The van der Waals surface area contributed by atoms with Crippen molar-refractivity contribution in [3.63, 3.8) is 0 Å². The van der Waals surface area contributed by atoms with Crippen LogP contribution in [0.4, 0.5) is 18.9 Å². The topological polar surface area (TPSA) is 15.3 Å². The maximum atomic E-state index is 13.1. The maximum absolute atomic E-state index is 13.1. The zero-order valence-electron chi connectivity index (χ0n) is 11.8. The van der Waals surface area contributed by atoms with Gasteiger partial charge in [-0.3, -0.25) is 0 Å². The van der Waals surface area contributed by atoms with Crippen molar-refractivity contribution in [2.24, 2.45) is 0 Å². The fourth-order valence-corrected chi connectivity index (χ4v) is 3.99. The number of hydrogen-bond donors (Lipinski definition) is 1. The second-order valence-electron chi connectivity index (χ2n) is 6.05. The highest BCUT2D eigenvalue weighted by molar-refractivity contribution is 9.10. The van der Waals surface area contributed by atoms with E-state index in [0.29, 0.717) is 16.6 Å². The first-order chi connectivity index (χ1) is 9.84. The Morgan fingerprint density at radius 1 is 1.19 bits per heavy atom. The molecule has 2 nitrogen and oxygen atoms in total. The molecular formula is C15H18BrF3N2. The summed E-state index contributed by atoms with van der Waals surface area (Å²) in [6.07, 6.45) is -0.186. The van der Waals surface area contributed by atoms with Gasteiger partial charge < -0.3 is 10.2 Å². The van der Waals surface area contributed by atoms with Crippen molar-refractivity contribution in [3.05, 3.63) is 28.2 Å². The summed E-state index contributed by atoms with van der Waals surface area (Å²) in [5.41, 5.74) is -0.400. The van der Waals surface area contributed by atoms with Crippen molar-refractivity contribution in [1.29, 1.82) is 0 Å². The van der Waals surface area contributed by atoms with Crippen LogP contribution in [0.5, 0.6) is 0 Å². The molecule has 2 bridgehead atoms. The predicted molar refractivity (Wildman–Crippen MR) is 80.4 cm³/mol. The molecule has 0 saturated carbocycles. The molecule has 1 aromatic rings. The summed E-state index contributed by atoms with van der Waals surface area (Å²) in [5.74, 6) is 0. The van der Waals surface area contributed by atoms with Gasteiger partial charge >= 0.3 is 6.18 Å². The molecule has 3 rings (SSSR count). The lowest BCUT2D eigenvalue weighted by Gasteiger charge is -2.37. The molecule has 116 valence electrons. The van der Waals surface area contributed by atoms with E-state index in [4.69, 9.17) is 0 Å². The van der Waals surface area contributed by atoms with Crippen LogP contribution in [0.2, 0.25) is 0 Å². The summed E-state index contributed by atoms with van der Waals surface area (Å²) in [6, 6.07) is 5.46. The second-order valence-corrected chi connectivity index (χ2v) is 6.97. The molecule has 0 aliphatic carbocycles. The van der Waals surface area contributed by atoms with Crippen LogP contribution in [0.25, 0.3) is 0 Å². The number of alkyl halides is 3. The number of rotatable bonds is 2. The van der Waals surface area contributed by atoms with E-state index in [2.05, 4.69) is 33.2 Å². The molecule has 1 aromatic carbocycles. The standard InChI is InChI=1S/C15H18BrF3N2/c1-21-11-3-4-12(21)8-10(7-11)20-14-5-2-9(16)6-13(14)15(17,18)19/h2,5-6,10-12,20H,3-4,7-8H2,1H3. The minimum Gasteiger partial charge on any atom is -0.382 e. The highest BCUT2D eigenvalue weighted by Gasteiger charge is 2.39. The number of halogens is 4. The van der Waals surface area contributed by atoms with E-state index in [1.54, 1.807) is 6.07 Å². The van der Waals surface area contributed by atoms with E-state index in [9.17, 15) is 13.2 Å². The van der Waals surface area contributed by atoms with Crippen LogP contribution in [-0.2, 0) is 6.18 Å². The lowest BCUT2D eigenvalue weighted by molar-refractivity contribution is -0.137.